The normalized spacial score (nSPS) is 12.1. The maximum Gasteiger partial charge on any atom is 0.269 e. The summed E-state index contributed by atoms with van der Waals surface area (Å²) in [6.07, 6.45) is 0. The highest BCUT2D eigenvalue weighted by molar-refractivity contribution is 7.14. The van der Waals surface area contributed by atoms with Crippen LogP contribution >= 0.6 is 22.9 Å². The Bertz CT molecular complexity index is 512. The van der Waals surface area contributed by atoms with E-state index in [0.29, 0.717) is 16.7 Å². The summed E-state index contributed by atoms with van der Waals surface area (Å²) in [5, 5.41) is 6.47. The van der Waals surface area contributed by atoms with E-state index in [1.165, 1.54) is 11.3 Å². The number of hydrogen-bond donors (Lipinski definition) is 1. The van der Waals surface area contributed by atoms with Crippen LogP contribution in [0, 0.1) is 6.92 Å². The quantitative estimate of drug-likeness (QED) is 0.898. The van der Waals surface area contributed by atoms with Crippen molar-refractivity contribution in [1.82, 2.24) is 10.1 Å². The average molecular weight is 258 g/mol. The molecule has 2 rings (SSSR count). The maximum atomic E-state index is 6.12. The SMILES string of the molecule is Cc1csc(-c2nc(C(C)(C)N)no2)c1Cl. The van der Waals surface area contributed by atoms with Gasteiger partial charge in [0, 0.05) is 0 Å². The van der Waals surface area contributed by atoms with Crippen LogP contribution in [-0.4, -0.2) is 10.1 Å². The lowest BCUT2D eigenvalue weighted by Gasteiger charge is -2.11. The fourth-order valence-electron chi connectivity index (χ4n) is 1.15. The fraction of sp³-hybridized carbons (Fsp3) is 0.400. The van der Waals surface area contributed by atoms with E-state index in [0.717, 1.165) is 10.4 Å². The third-order valence-corrected chi connectivity index (χ3v) is 3.78. The summed E-state index contributed by atoms with van der Waals surface area (Å²) in [6, 6.07) is 0. The van der Waals surface area contributed by atoms with Crippen molar-refractivity contribution in [2.75, 3.05) is 0 Å². The lowest BCUT2D eigenvalue weighted by molar-refractivity contribution is 0.397. The highest BCUT2D eigenvalue weighted by atomic mass is 35.5. The van der Waals surface area contributed by atoms with Gasteiger partial charge in [0.05, 0.1) is 10.6 Å². The van der Waals surface area contributed by atoms with E-state index in [1.54, 1.807) is 0 Å². The van der Waals surface area contributed by atoms with Gasteiger partial charge in [0.2, 0.25) is 0 Å². The molecule has 0 aliphatic carbocycles. The summed E-state index contributed by atoms with van der Waals surface area (Å²) in [4.78, 5) is 5.04. The molecule has 0 radical (unpaired) electrons. The van der Waals surface area contributed by atoms with Crippen LogP contribution in [0.2, 0.25) is 5.02 Å². The molecular formula is C10H12ClN3OS. The molecule has 4 nitrogen and oxygen atoms in total. The monoisotopic (exact) mass is 257 g/mol. The van der Waals surface area contributed by atoms with Crippen LogP contribution in [0.15, 0.2) is 9.90 Å². The van der Waals surface area contributed by atoms with Gasteiger partial charge in [0.15, 0.2) is 5.82 Å². The molecule has 2 aromatic heterocycles. The minimum atomic E-state index is -0.611. The number of aryl methyl sites for hydroxylation is 1. The van der Waals surface area contributed by atoms with E-state index in [2.05, 4.69) is 10.1 Å². The van der Waals surface area contributed by atoms with E-state index < -0.39 is 5.54 Å². The Hall–Kier alpha value is -0.910. The number of hydrogen-bond acceptors (Lipinski definition) is 5. The Kier molecular flexibility index (Phi) is 2.77. The van der Waals surface area contributed by atoms with Crippen molar-refractivity contribution in [1.29, 1.82) is 0 Å². The Morgan fingerprint density at radius 3 is 2.62 bits per heavy atom. The van der Waals surface area contributed by atoms with Crippen molar-refractivity contribution in [2.24, 2.45) is 5.73 Å². The van der Waals surface area contributed by atoms with Gasteiger partial charge >= 0.3 is 0 Å². The second-order valence-electron chi connectivity index (χ2n) is 4.21. The summed E-state index contributed by atoms with van der Waals surface area (Å²) in [7, 11) is 0. The van der Waals surface area contributed by atoms with Crippen LogP contribution in [0.3, 0.4) is 0 Å². The van der Waals surface area contributed by atoms with Gasteiger partial charge in [0.1, 0.15) is 4.88 Å². The molecule has 0 saturated heterocycles. The number of halogens is 1. The van der Waals surface area contributed by atoms with E-state index in [1.807, 2.05) is 26.2 Å². The van der Waals surface area contributed by atoms with Gasteiger partial charge in [-0.05, 0) is 31.7 Å². The smallest absolute Gasteiger partial charge is 0.269 e. The van der Waals surface area contributed by atoms with Gasteiger partial charge in [-0.2, -0.15) is 4.98 Å². The van der Waals surface area contributed by atoms with Crippen LogP contribution in [0.4, 0.5) is 0 Å². The van der Waals surface area contributed by atoms with E-state index in [9.17, 15) is 0 Å². The lowest BCUT2D eigenvalue weighted by atomic mass is 10.1. The van der Waals surface area contributed by atoms with Gasteiger partial charge in [-0.15, -0.1) is 11.3 Å². The van der Waals surface area contributed by atoms with Crippen LogP contribution in [-0.2, 0) is 5.54 Å². The van der Waals surface area contributed by atoms with E-state index >= 15 is 0 Å². The molecule has 86 valence electrons. The summed E-state index contributed by atoms with van der Waals surface area (Å²) in [5.74, 6) is 0.904. The molecule has 0 saturated carbocycles. The first-order valence-electron chi connectivity index (χ1n) is 4.76. The topological polar surface area (TPSA) is 64.9 Å². The predicted octanol–water partition coefficient (Wildman–Crippen LogP) is 2.95. The standard InChI is InChI=1S/C10H12ClN3OS/c1-5-4-16-7(6(5)11)8-13-9(14-15-8)10(2,3)12/h4H,12H2,1-3H3. The minimum absolute atomic E-state index is 0.427. The first kappa shape index (κ1) is 11.6. The highest BCUT2D eigenvalue weighted by Crippen LogP contribution is 2.35. The van der Waals surface area contributed by atoms with E-state index in [4.69, 9.17) is 21.9 Å². The molecule has 0 atom stereocenters. The third kappa shape index (κ3) is 1.98. The zero-order valence-corrected chi connectivity index (χ0v) is 10.8. The summed E-state index contributed by atoms with van der Waals surface area (Å²) in [5.41, 5.74) is 6.27. The molecule has 2 aromatic rings. The Morgan fingerprint density at radius 2 is 2.19 bits per heavy atom. The van der Waals surface area contributed by atoms with Crippen molar-refractivity contribution < 1.29 is 4.52 Å². The van der Waals surface area contributed by atoms with Crippen LogP contribution < -0.4 is 5.73 Å². The zero-order valence-electron chi connectivity index (χ0n) is 9.24. The molecule has 2 N–H and O–H groups in total. The number of rotatable bonds is 2. The number of thiophene rings is 1. The van der Waals surface area contributed by atoms with Gasteiger partial charge in [-0.1, -0.05) is 16.8 Å². The second-order valence-corrected chi connectivity index (χ2v) is 5.46. The number of nitrogens with two attached hydrogens (primary N) is 1. The van der Waals surface area contributed by atoms with Gasteiger partial charge in [0.25, 0.3) is 5.89 Å². The molecule has 0 aromatic carbocycles. The largest absolute Gasteiger partial charge is 0.333 e. The molecule has 0 bridgehead atoms. The van der Waals surface area contributed by atoms with Crippen LogP contribution in [0.25, 0.3) is 10.8 Å². The minimum Gasteiger partial charge on any atom is -0.333 e. The molecule has 0 spiro atoms. The first-order valence-corrected chi connectivity index (χ1v) is 6.02. The summed E-state index contributed by atoms with van der Waals surface area (Å²) >= 11 is 7.60. The van der Waals surface area contributed by atoms with Crippen LogP contribution in [0.5, 0.6) is 0 Å². The molecule has 2 heterocycles. The summed E-state index contributed by atoms with van der Waals surface area (Å²) in [6.45, 7) is 5.58. The molecule has 0 aliphatic heterocycles. The van der Waals surface area contributed by atoms with Gasteiger partial charge < -0.3 is 10.3 Å². The number of nitrogens with zero attached hydrogens (tertiary/aromatic N) is 2. The molecule has 0 unspecified atom stereocenters. The Labute approximate surface area is 102 Å². The van der Waals surface area contributed by atoms with Crippen molar-refractivity contribution >= 4 is 22.9 Å². The second kappa shape index (κ2) is 3.84. The molecule has 0 aliphatic rings. The third-order valence-electron chi connectivity index (χ3n) is 2.10. The zero-order chi connectivity index (χ0) is 11.9. The van der Waals surface area contributed by atoms with Gasteiger partial charge in [-0.25, -0.2) is 0 Å². The van der Waals surface area contributed by atoms with Crippen molar-refractivity contribution in [3.63, 3.8) is 0 Å². The molecular weight excluding hydrogens is 246 g/mol. The number of aromatic nitrogens is 2. The molecule has 0 amide bonds. The van der Waals surface area contributed by atoms with E-state index in [-0.39, 0.29) is 0 Å². The predicted molar refractivity (Wildman–Crippen MR) is 64.6 cm³/mol. The first-order chi connectivity index (χ1) is 7.39. The van der Waals surface area contributed by atoms with Crippen molar-refractivity contribution in [2.45, 2.75) is 26.3 Å². The van der Waals surface area contributed by atoms with Gasteiger partial charge in [-0.3, -0.25) is 0 Å². The van der Waals surface area contributed by atoms with Crippen molar-refractivity contribution in [3.05, 3.63) is 21.8 Å². The maximum absolute atomic E-state index is 6.12. The highest BCUT2D eigenvalue weighted by Gasteiger charge is 2.23. The summed E-state index contributed by atoms with van der Waals surface area (Å²) < 4.78 is 5.16. The fourth-order valence-corrected chi connectivity index (χ4v) is 2.35. The average Bonchev–Trinajstić information content (AvgIpc) is 2.74. The van der Waals surface area contributed by atoms with Crippen LogP contribution in [0.1, 0.15) is 25.2 Å². The van der Waals surface area contributed by atoms with Crippen molar-refractivity contribution in [3.8, 4) is 10.8 Å². The molecule has 6 heteroatoms. The lowest BCUT2D eigenvalue weighted by Crippen LogP contribution is -2.30. The Morgan fingerprint density at radius 1 is 1.50 bits per heavy atom. The molecule has 16 heavy (non-hydrogen) atoms. The molecule has 0 fully saturated rings. The Balaban J connectivity index is 2.43.